The molecule has 23 heavy (non-hydrogen) atoms. The smallest absolute Gasteiger partial charge is 0.118 e. The Kier molecular flexibility index (Phi) is 9.22. The number of hydrogen-bond acceptors (Lipinski definition) is 4. The number of benzene rings is 1. The fraction of sp³-hybridized carbons (Fsp3) is 0.684. The van der Waals surface area contributed by atoms with E-state index in [0.717, 1.165) is 18.7 Å². The molecule has 4 heteroatoms. The van der Waals surface area contributed by atoms with Crippen LogP contribution in [0.2, 0.25) is 0 Å². The van der Waals surface area contributed by atoms with E-state index < -0.39 is 6.10 Å². The molecular formula is C19H33NO3. The van der Waals surface area contributed by atoms with Gasteiger partial charge in [-0.15, -0.1) is 0 Å². The maximum Gasteiger partial charge on any atom is 0.118 e. The molecule has 0 aliphatic carbocycles. The van der Waals surface area contributed by atoms with Crippen LogP contribution in [0.5, 0.6) is 5.75 Å². The summed E-state index contributed by atoms with van der Waals surface area (Å²) in [6, 6.07) is 8.53. The van der Waals surface area contributed by atoms with Gasteiger partial charge in [-0.3, -0.25) is 4.90 Å². The van der Waals surface area contributed by atoms with Crippen molar-refractivity contribution in [2.24, 2.45) is 5.92 Å². The van der Waals surface area contributed by atoms with Gasteiger partial charge in [-0.05, 0) is 37.0 Å². The van der Waals surface area contributed by atoms with Crippen molar-refractivity contribution < 1.29 is 14.6 Å². The first-order valence-corrected chi connectivity index (χ1v) is 8.59. The van der Waals surface area contributed by atoms with Gasteiger partial charge in [0.25, 0.3) is 0 Å². The highest BCUT2D eigenvalue weighted by atomic mass is 16.5. The number of rotatable bonds is 11. The summed E-state index contributed by atoms with van der Waals surface area (Å²) in [5.41, 5.74) is 1.22. The molecule has 0 aromatic heterocycles. The van der Waals surface area contributed by atoms with Crippen LogP contribution in [0.25, 0.3) is 0 Å². The fourth-order valence-corrected chi connectivity index (χ4v) is 2.39. The second kappa shape index (κ2) is 10.6. The molecule has 132 valence electrons. The van der Waals surface area contributed by atoms with E-state index in [2.05, 4.69) is 44.7 Å². The zero-order valence-electron chi connectivity index (χ0n) is 15.3. The molecular weight excluding hydrogens is 290 g/mol. The number of aliphatic hydroxyl groups excluding tert-OH is 1. The van der Waals surface area contributed by atoms with Crippen LogP contribution >= 0.6 is 0 Å². The number of ether oxygens (including phenoxy) is 2. The van der Waals surface area contributed by atoms with Crippen LogP contribution in [0, 0.1) is 5.92 Å². The summed E-state index contributed by atoms with van der Waals surface area (Å²) in [5.74, 6) is 1.36. The van der Waals surface area contributed by atoms with Crippen molar-refractivity contribution in [3.63, 3.8) is 0 Å². The molecule has 0 spiro atoms. The Morgan fingerprint density at radius 3 is 2.26 bits per heavy atom. The molecule has 0 saturated carbocycles. The molecule has 1 aromatic carbocycles. The predicted molar refractivity (Wildman–Crippen MR) is 94.8 cm³/mol. The van der Waals surface area contributed by atoms with Gasteiger partial charge >= 0.3 is 0 Å². The summed E-state index contributed by atoms with van der Waals surface area (Å²) in [6.07, 6.45) is 0.594. The van der Waals surface area contributed by atoms with E-state index in [1.54, 1.807) is 7.11 Å². The Bertz CT molecular complexity index is 419. The third kappa shape index (κ3) is 7.82. The van der Waals surface area contributed by atoms with Crippen molar-refractivity contribution >= 4 is 0 Å². The zero-order chi connectivity index (χ0) is 17.2. The molecule has 0 fully saturated rings. The number of nitrogens with zero attached hydrogens (tertiary/aromatic N) is 1. The lowest BCUT2D eigenvalue weighted by molar-refractivity contribution is 0.000120. The van der Waals surface area contributed by atoms with Gasteiger partial charge in [0.15, 0.2) is 0 Å². The second-order valence-electron chi connectivity index (χ2n) is 6.62. The lowest BCUT2D eigenvalue weighted by atomic mass is 10.1. The normalized spacial score (nSPS) is 14.3. The first-order valence-electron chi connectivity index (χ1n) is 8.59. The SMILES string of the molecule is CC[C@@H](C)N(Cc1ccc(OC)cc1)C[C@H](O)COCC(C)C. The van der Waals surface area contributed by atoms with Gasteiger partial charge in [-0.25, -0.2) is 0 Å². The van der Waals surface area contributed by atoms with Crippen molar-refractivity contribution in [2.75, 3.05) is 26.9 Å². The molecule has 0 radical (unpaired) electrons. The van der Waals surface area contributed by atoms with Gasteiger partial charge in [0.2, 0.25) is 0 Å². The summed E-state index contributed by atoms with van der Waals surface area (Å²) < 4.78 is 10.8. The van der Waals surface area contributed by atoms with Crippen LogP contribution in [-0.4, -0.2) is 49.0 Å². The maximum absolute atomic E-state index is 10.3. The average Bonchev–Trinajstić information content (AvgIpc) is 2.53. The molecule has 4 nitrogen and oxygen atoms in total. The van der Waals surface area contributed by atoms with Crippen LogP contribution in [0.4, 0.5) is 0 Å². The molecule has 1 aromatic rings. The molecule has 0 aliphatic rings. The Balaban J connectivity index is 2.57. The summed E-state index contributed by atoms with van der Waals surface area (Å²) in [6.45, 7) is 11.1. The molecule has 1 N–H and O–H groups in total. The van der Waals surface area contributed by atoms with E-state index in [9.17, 15) is 5.11 Å². The van der Waals surface area contributed by atoms with Crippen LogP contribution in [0.3, 0.4) is 0 Å². The second-order valence-corrected chi connectivity index (χ2v) is 6.62. The van der Waals surface area contributed by atoms with Crippen molar-refractivity contribution in [3.05, 3.63) is 29.8 Å². The Morgan fingerprint density at radius 1 is 1.09 bits per heavy atom. The van der Waals surface area contributed by atoms with Gasteiger partial charge in [0.05, 0.1) is 19.8 Å². The van der Waals surface area contributed by atoms with E-state index in [1.807, 2.05) is 12.1 Å². The van der Waals surface area contributed by atoms with E-state index in [0.29, 0.717) is 31.7 Å². The predicted octanol–water partition coefficient (Wildman–Crippen LogP) is 3.33. The standard InChI is InChI=1S/C19H33NO3/c1-6-16(4)20(12-18(21)14-23-13-15(2)3)11-17-7-9-19(22-5)10-8-17/h7-10,15-16,18,21H,6,11-14H2,1-5H3/t16-,18+/m1/s1. The first-order chi connectivity index (χ1) is 11.0. The quantitative estimate of drug-likeness (QED) is 0.678. The van der Waals surface area contributed by atoms with E-state index in [4.69, 9.17) is 9.47 Å². The summed E-state index contributed by atoms with van der Waals surface area (Å²) in [7, 11) is 1.67. The third-order valence-electron chi connectivity index (χ3n) is 3.97. The lowest BCUT2D eigenvalue weighted by Gasteiger charge is -2.30. The van der Waals surface area contributed by atoms with Crippen molar-refractivity contribution in [3.8, 4) is 5.75 Å². The number of methoxy groups -OCH3 is 1. The van der Waals surface area contributed by atoms with Crippen molar-refractivity contribution in [1.29, 1.82) is 0 Å². The van der Waals surface area contributed by atoms with E-state index >= 15 is 0 Å². The molecule has 0 amide bonds. The average molecular weight is 323 g/mol. The summed E-state index contributed by atoms with van der Waals surface area (Å²) >= 11 is 0. The Labute approximate surface area is 141 Å². The molecule has 0 heterocycles. The van der Waals surface area contributed by atoms with Crippen LogP contribution in [-0.2, 0) is 11.3 Å². The van der Waals surface area contributed by atoms with Gasteiger partial charge in [-0.2, -0.15) is 0 Å². The minimum absolute atomic E-state index is 0.397. The fourth-order valence-electron chi connectivity index (χ4n) is 2.39. The first kappa shape index (κ1) is 19.9. The van der Waals surface area contributed by atoms with Crippen molar-refractivity contribution in [2.45, 2.75) is 52.8 Å². The highest BCUT2D eigenvalue weighted by Crippen LogP contribution is 2.15. The topological polar surface area (TPSA) is 41.9 Å². The van der Waals surface area contributed by atoms with Gasteiger partial charge < -0.3 is 14.6 Å². The third-order valence-corrected chi connectivity index (χ3v) is 3.97. The Morgan fingerprint density at radius 2 is 1.74 bits per heavy atom. The van der Waals surface area contributed by atoms with E-state index in [1.165, 1.54) is 5.56 Å². The highest BCUT2D eigenvalue weighted by Gasteiger charge is 2.17. The van der Waals surface area contributed by atoms with Crippen molar-refractivity contribution in [1.82, 2.24) is 4.90 Å². The lowest BCUT2D eigenvalue weighted by Crippen LogP contribution is -2.40. The monoisotopic (exact) mass is 323 g/mol. The van der Waals surface area contributed by atoms with Gasteiger partial charge in [0.1, 0.15) is 5.75 Å². The molecule has 0 saturated heterocycles. The number of aliphatic hydroxyl groups is 1. The summed E-state index contributed by atoms with van der Waals surface area (Å²) in [5, 5.41) is 10.3. The molecule has 0 aliphatic heterocycles. The summed E-state index contributed by atoms with van der Waals surface area (Å²) in [4.78, 5) is 2.31. The van der Waals surface area contributed by atoms with Crippen LogP contribution in [0.1, 0.15) is 39.7 Å². The molecule has 0 bridgehead atoms. The highest BCUT2D eigenvalue weighted by molar-refractivity contribution is 5.27. The molecule has 2 atom stereocenters. The molecule has 1 rings (SSSR count). The van der Waals surface area contributed by atoms with Gasteiger partial charge in [-0.1, -0.05) is 32.9 Å². The largest absolute Gasteiger partial charge is 0.497 e. The number of hydrogen-bond donors (Lipinski definition) is 1. The minimum atomic E-state index is -0.457. The Hall–Kier alpha value is -1.10. The van der Waals surface area contributed by atoms with E-state index in [-0.39, 0.29) is 0 Å². The maximum atomic E-state index is 10.3. The zero-order valence-corrected chi connectivity index (χ0v) is 15.3. The van der Waals surface area contributed by atoms with Gasteiger partial charge in [0, 0.05) is 25.7 Å². The van der Waals surface area contributed by atoms with Crippen LogP contribution < -0.4 is 4.74 Å². The van der Waals surface area contributed by atoms with Crippen LogP contribution in [0.15, 0.2) is 24.3 Å². The molecule has 0 unspecified atom stereocenters. The minimum Gasteiger partial charge on any atom is -0.497 e.